The summed E-state index contributed by atoms with van der Waals surface area (Å²) in [5.74, 6) is 12.4. The molecular formula is C134H210O16. The van der Waals surface area contributed by atoms with Crippen LogP contribution in [0.4, 0.5) is 0 Å². The van der Waals surface area contributed by atoms with Crippen LogP contribution < -0.4 is 28.4 Å². The van der Waals surface area contributed by atoms with E-state index in [9.17, 15) is 35.4 Å². The van der Waals surface area contributed by atoms with Crippen LogP contribution in [0.5, 0.6) is 34.5 Å². The van der Waals surface area contributed by atoms with E-state index in [0.29, 0.717) is 75.8 Å². The van der Waals surface area contributed by atoms with Gasteiger partial charge in [-0.3, -0.25) is 4.79 Å². The maximum atomic E-state index is 11.9. The summed E-state index contributed by atoms with van der Waals surface area (Å²) in [6.45, 7) is 30.5. The van der Waals surface area contributed by atoms with Crippen molar-refractivity contribution in [1.82, 2.24) is 0 Å². The molecule has 7 saturated carbocycles. The Bertz CT molecular complexity index is 4380. The van der Waals surface area contributed by atoms with Gasteiger partial charge in [-0.1, -0.05) is 360 Å². The quantitative estimate of drug-likeness (QED) is 0.0195. The second kappa shape index (κ2) is 78.5. The summed E-state index contributed by atoms with van der Waals surface area (Å²) >= 11 is 0. The number of hydrogen-bond donors (Lipinski definition) is 6. The standard InChI is InChI=1S/C25H40O5.C18H28O3.3C18H28O2.C18H28O.C18H26O.CH4/c1-28-15-16-29-17-18-30-20-24(26)11-6-12-25(27)23-10-5-9-22(19-23)14-13-21-7-3-2-4-8-21;1-2-11-18(20,14-19)16-9-6-10-17(12-16)21-13-15-7-4-3-5-8-15;2*1-3-14(2)18(19)16-10-7-11-17(12-16)20-13-15-8-5-4-6-9-15;1-2-7-17(13-19)16-10-6-11-18(12-16)20-14-15-8-4-3-5-9-15;2*1-3-8-15(2)17-11-7-12-18(13-17)19-14-16-9-5-4-6-10-16;/h5,9-10,19,21,25,27H,2-4,6-8,11-18,20H2,1H3;6,9-10,12,15,19-20H,2-5,7-8,11,13-14H2,1H3;2*7,10-12,14-15,18-19H,3-6,8-9,13H2,1-2H3;6,10-12,15,17,19H,2-5,7-9,13-14H2,1H3;7,11-13,15-16H,3-6,8-10,14H2,1-2H3;7,11-13,16H,2-6,8-10,14H2,1H3;1H4/t;;2*14-,18-;;;;/m..10..../s1. The summed E-state index contributed by atoms with van der Waals surface area (Å²) in [6, 6.07) is 57.2. The van der Waals surface area contributed by atoms with Gasteiger partial charge < -0.3 is 73.3 Å². The molecule has 4 unspecified atom stereocenters. The summed E-state index contributed by atoms with van der Waals surface area (Å²) in [4.78, 5) is 11.9. The molecule has 8 atom stereocenters. The highest BCUT2D eigenvalue weighted by atomic mass is 16.5. The van der Waals surface area contributed by atoms with Crippen molar-refractivity contribution in [2.45, 2.75) is 427 Å². The van der Waals surface area contributed by atoms with E-state index < -0.39 is 23.9 Å². The van der Waals surface area contributed by atoms with E-state index in [4.69, 9.17) is 42.6 Å². The van der Waals surface area contributed by atoms with E-state index in [1.807, 2.05) is 104 Å². The van der Waals surface area contributed by atoms with Crippen LogP contribution in [0.25, 0.3) is 5.57 Å². The van der Waals surface area contributed by atoms with Gasteiger partial charge in [0, 0.05) is 26.1 Å². The number of hydrogen-bond acceptors (Lipinski definition) is 16. The number of aliphatic hydroxyl groups excluding tert-OH is 5. The Kier molecular flexibility index (Phi) is 67.7. The number of ketones is 1. The monoisotopic (exact) mass is 2080 g/mol. The van der Waals surface area contributed by atoms with Gasteiger partial charge in [-0.05, 0) is 310 Å². The minimum Gasteiger partial charge on any atom is -0.493 e. The largest absolute Gasteiger partial charge is 0.493 e. The lowest BCUT2D eigenvalue weighted by molar-refractivity contribution is -0.124. The third-order valence-electron chi connectivity index (χ3n) is 32.4. The maximum Gasteiger partial charge on any atom is 0.158 e. The first-order valence-electron chi connectivity index (χ1n) is 60.0. The molecule has 0 saturated heterocycles. The molecule has 7 fully saturated rings. The Morgan fingerprint density at radius 3 is 1.14 bits per heavy atom. The number of carbonyl (C=O) groups is 1. The van der Waals surface area contributed by atoms with Crippen molar-refractivity contribution in [2.24, 2.45) is 53.3 Å². The molecule has 0 heterocycles. The third kappa shape index (κ3) is 52.3. The molecule has 0 spiro atoms. The summed E-state index contributed by atoms with van der Waals surface area (Å²) in [7, 11) is 1.63. The number of ether oxygens (including phenoxy) is 9. The molecule has 0 radical (unpaired) electrons. The molecule has 6 N–H and O–H groups in total. The Hall–Kier alpha value is -7.61. The first kappa shape index (κ1) is 129. The lowest BCUT2D eigenvalue weighted by atomic mass is 9.85. The van der Waals surface area contributed by atoms with Crippen molar-refractivity contribution in [1.29, 1.82) is 0 Å². The normalized spacial score (nSPS) is 17.8. The van der Waals surface area contributed by atoms with E-state index in [0.717, 1.165) is 171 Å². The van der Waals surface area contributed by atoms with Gasteiger partial charge in [0.05, 0.1) is 91.0 Å². The zero-order chi connectivity index (χ0) is 107. The molecule has 7 aromatic carbocycles. The molecule has 0 aliphatic heterocycles. The molecule has 0 bridgehead atoms. The predicted octanol–water partition coefficient (Wildman–Crippen LogP) is 33.9. The van der Waals surface area contributed by atoms with Gasteiger partial charge in [0.15, 0.2) is 5.78 Å². The van der Waals surface area contributed by atoms with Crippen molar-refractivity contribution in [2.75, 3.05) is 93.0 Å². The summed E-state index contributed by atoms with van der Waals surface area (Å²) in [5.41, 5.74) is 8.88. The molecule has 0 amide bonds. The minimum absolute atomic E-state index is 0. The molecule has 0 aromatic heterocycles. The van der Waals surface area contributed by atoms with E-state index in [1.54, 1.807) is 7.11 Å². The first-order chi connectivity index (χ1) is 72.7. The lowest BCUT2D eigenvalue weighted by Gasteiger charge is -2.27. The summed E-state index contributed by atoms with van der Waals surface area (Å²) < 4.78 is 51.3. The number of benzene rings is 7. The van der Waals surface area contributed by atoms with Crippen LogP contribution in [-0.4, -0.2) is 129 Å². The first-order valence-corrected chi connectivity index (χ1v) is 60.0. The Balaban J connectivity index is 0.000000238. The molecule has 16 nitrogen and oxygen atoms in total. The molecule has 7 aliphatic carbocycles. The van der Waals surface area contributed by atoms with Gasteiger partial charge in [0.25, 0.3) is 0 Å². The summed E-state index contributed by atoms with van der Waals surface area (Å²) in [6.07, 6.45) is 60.2. The van der Waals surface area contributed by atoms with Crippen LogP contribution in [-0.2, 0) is 31.0 Å². The molecule has 16 heteroatoms. The number of allylic oxidation sites excluding steroid dienone is 1. The van der Waals surface area contributed by atoms with E-state index in [2.05, 4.69) is 135 Å². The van der Waals surface area contributed by atoms with Crippen LogP contribution in [0.2, 0.25) is 0 Å². The number of Topliss-reactive ketones (excluding diaryl/α,β-unsaturated/α-hetero) is 1. The van der Waals surface area contributed by atoms with Crippen molar-refractivity contribution >= 4 is 11.4 Å². The Morgan fingerprint density at radius 2 is 0.740 bits per heavy atom. The van der Waals surface area contributed by atoms with Crippen LogP contribution in [0.3, 0.4) is 0 Å². The number of aryl methyl sites for hydroxylation is 1. The highest BCUT2D eigenvalue weighted by Gasteiger charge is 2.30. The van der Waals surface area contributed by atoms with Crippen LogP contribution >= 0.6 is 0 Å². The highest BCUT2D eigenvalue weighted by Crippen LogP contribution is 2.39. The average molecular weight is 2080 g/mol. The van der Waals surface area contributed by atoms with E-state index in [1.165, 1.54) is 272 Å². The lowest BCUT2D eigenvalue weighted by Crippen LogP contribution is -2.30. The van der Waals surface area contributed by atoms with Crippen molar-refractivity contribution in [3.63, 3.8) is 0 Å². The SMILES string of the molecule is C.C=C(CCC)c1cccc(OCC2CCCCC2)c1.CCCC(C)c1cccc(OCC2CCCCC2)c1.CCCC(CO)c1cccc(OCC2CCCCC2)c1.CCCC(O)(CO)c1cccc(OCC2CCCCC2)c1.CC[C@@H](C)[C@@H](O)c1cccc(OCC2CCCCC2)c1.CC[C@H](C)[C@H](O)c1cccc(OCC2CCCCC2)c1.COCCOCCOCC(=O)CCCC(O)c1cccc(CCC2CCCCC2)c1. The number of rotatable bonds is 54. The maximum absolute atomic E-state index is 11.9. The van der Waals surface area contributed by atoms with E-state index in [-0.39, 0.29) is 50.8 Å². The molecule has 842 valence electrons. The smallest absolute Gasteiger partial charge is 0.158 e. The van der Waals surface area contributed by atoms with Crippen molar-refractivity contribution in [3.8, 4) is 34.5 Å². The fraction of sp³-hybridized carbons (Fsp3) is 0.664. The van der Waals surface area contributed by atoms with E-state index >= 15 is 0 Å². The second-order valence-corrected chi connectivity index (χ2v) is 44.9. The fourth-order valence-electron chi connectivity index (χ4n) is 22.1. The van der Waals surface area contributed by atoms with Gasteiger partial charge in [-0.15, -0.1) is 0 Å². The van der Waals surface area contributed by atoms with Crippen LogP contribution in [0, 0.1) is 53.3 Å². The van der Waals surface area contributed by atoms with Gasteiger partial charge in [-0.2, -0.15) is 0 Å². The predicted molar refractivity (Wildman–Crippen MR) is 623 cm³/mol. The topological polar surface area (TPSA) is 222 Å². The zero-order valence-electron chi connectivity index (χ0n) is 94.8. The van der Waals surface area contributed by atoms with Gasteiger partial charge in [0.2, 0.25) is 0 Å². The fourth-order valence-corrected chi connectivity index (χ4v) is 22.1. The molecule has 14 rings (SSSR count). The molecule has 7 aliphatic rings. The van der Waals surface area contributed by atoms with Crippen molar-refractivity contribution < 1.29 is 78.1 Å². The van der Waals surface area contributed by atoms with Gasteiger partial charge in [0.1, 0.15) is 46.7 Å². The Labute approximate surface area is 912 Å². The van der Waals surface area contributed by atoms with Gasteiger partial charge >= 0.3 is 0 Å². The third-order valence-corrected chi connectivity index (χ3v) is 32.4. The highest BCUT2D eigenvalue weighted by molar-refractivity contribution is 5.79. The second-order valence-electron chi connectivity index (χ2n) is 44.9. The summed E-state index contributed by atoms with van der Waals surface area (Å²) in [5, 5.41) is 60.6. The van der Waals surface area contributed by atoms with Crippen molar-refractivity contribution in [3.05, 3.63) is 221 Å². The number of aliphatic hydroxyl groups is 6. The minimum atomic E-state index is -1.15. The Morgan fingerprint density at radius 1 is 0.380 bits per heavy atom. The van der Waals surface area contributed by atoms with Gasteiger partial charge in [-0.25, -0.2) is 0 Å². The average Bonchev–Trinajstić information content (AvgIpc) is 0.822. The molecule has 7 aromatic rings. The van der Waals surface area contributed by atoms with Crippen LogP contribution in [0.15, 0.2) is 176 Å². The van der Waals surface area contributed by atoms with Crippen LogP contribution in [0.1, 0.15) is 459 Å². The zero-order valence-corrected chi connectivity index (χ0v) is 94.8. The molecular weight excluding hydrogens is 1870 g/mol. The number of methoxy groups -OCH3 is 1. The number of carbonyl (C=O) groups excluding carboxylic acids is 1. The molecule has 150 heavy (non-hydrogen) atoms.